The van der Waals surface area contributed by atoms with E-state index >= 15 is 0 Å². The first-order chi connectivity index (χ1) is 15.2. The smallest absolute Gasteiger partial charge is 0.165 e. The molecule has 0 amide bonds. The van der Waals surface area contributed by atoms with E-state index in [4.69, 9.17) is 15.5 Å². The van der Waals surface area contributed by atoms with Crippen LogP contribution in [-0.4, -0.2) is 15.0 Å². The van der Waals surface area contributed by atoms with E-state index in [-0.39, 0.29) is 0 Å². The summed E-state index contributed by atoms with van der Waals surface area (Å²) in [6, 6.07) is 28.0. The molecule has 0 spiro atoms. The predicted molar refractivity (Wildman–Crippen MR) is 124 cm³/mol. The lowest BCUT2D eigenvalue weighted by atomic mass is 9.97. The number of benzene rings is 3. The van der Waals surface area contributed by atoms with Crippen molar-refractivity contribution < 1.29 is 4.74 Å². The quantitative estimate of drug-likeness (QED) is 0.395. The largest absolute Gasteiger partial charge is 0.457 e. The van der Waals surface area contributed by atoms with Gasteiger partial charge in [0.25, 0.3) is 0 Å². The Bertz CT molecular complexity index is 1370. The molecule has 5 rings (SSSR count). The number of aromatic nitrogens is 3. The minimum atomic E-state index is 0.415. The second-order valence-electron chi connectivity index (χ2n) is 7.32. The number of hydrogen-bond donors (Lipinski definition) is 1. The SMILES string of the molecule is Cc1ccc(-c2cc3c(N)ncnc3nc2-c2cccc(Oc3ccccc3)c2)cc1. The summed E-state index contributed by atoms with van der Waals surface area (Å²) in [5.41, 5.74) is 11.6. The van der Waals surface area contributed by atoms with Crippen molar-refractivity contribution >= 4 is 16.9 Å². The number of nitrogens with zero attached hydrogens (tertiary/aromatic N) is 3. The summed E-state index contributed by atoms with van der Waals surface area (Å²) in [6.45, 7) is 2.07. The number of ether oxygens (including phenoxy) is 1. The highest BCUT2D eigenvalue weighted by Crippen LogP contribution is 2.36. The molecule has 2 aromatic heterocycles. The lowest BCUT2D eigenvalue weighted by Crippen LogP contribution is -1.98. The summed E-state index contributed by atoms with van der Waals surface area (Å²) in [7, 11) is 0. The molecule has 0 fully saturated rings. The van der Waals surface area contributed by atoms with Gasteiger partial charge in [0, 0.05) is 11.1 Å². The number of pyridine rings is 1. The predicted octanol–water partition coefficient (Wildman–Crippen LogP) is 6.04. The van der Waals surface area contributed by atoms with E-state index in [1.807, 2.05) is 60.7 Å². The number of fused-ring (bicyclic) bond motifs is 1. The van der Waals surface area contributed by atoms with Crippen molar-refractivity contribution in [2.75, 3.05) is 5.73 Å². The van der Waals surface area contributed by atoms with Crippen LogP contribution in [0, 0.1) is 6.92 Å². The molecule has 0 atom stereocenters. The molecule has 150 valence electrons. The van der Waals surface area contributed by atoms with Crippen LogP contribution in [-0.2, 0) is 0 Å². The average molecular weight is 404 g/mol. The van der Waals surface area contributed by atoms with Crippen molar-refractivity contribution in [1.82, 2.24) is 15.0 Å². The number of nitrogens with two attached hydrogens (primary N) is 1. The van der Waals surface area contributed by atoms with E-state index in [9.17, 15) is 0 Å². The maximum atomic E-state index is 6.11. The summed E-state index contributed by atoms with van der Waals surface area (Å²) in [4.78, 5) is 13.3. The molecule has 0 aliphatic heterocycles. The topological polar surface area (TPSA) is 73.9 Å². The maximum Gasteiger partial charge on any atom is 0.165 e. The van der Waals surface area contributed by atoms with Crippen LogP contribution in [0.15, 0.2) is 91.3 Å². The second kappa shape index (κ2) is 7.88. The second-order valence-corrected chi connectivity index (χ2v) is 7.32. The van der Waals surface area contributed by atoms with Gasteiger partial charge in [0.2, 0.25) is 0 Å². The molecule has 5 heteroatoms. The third kappa shape index (κ3) is 3.81. The molecule has 2 heterocycles. The third-order valence-corrected chi connectivity index (χ3v) is 5.10. The molecule has 5 aromatic rings. The number of anilines is 1. The van der Waals surface area contributed by atoms with Gasteiger partial charge in [-0.05, 0) is 42.8 Å². The van der Waals surface area contributed by atoms with E-state index in [2.05, 4.69) is 41.2 Å². The van der Waals surface area contributed by atoms with Gasteiger partial charge < -0.3 is 10.5 Å². The van der Waals surface area contributed by atoms with Gasteiger partial charge in [-0.1, -0.05) is 60.2 Å². The molecule has 3 aromatic carbocycles. The summed E-state index contributed by atoms with van der Waals surface area (Å²) < 4.78 is 6.04. The molecule has 5 nitrogen and oxygen atoms in total. The van der Waals surface area contributed by atoms with Crippen molar-refractivity contribution in [3.63, 3.8) is 0 Å². The van der Waals surface area contributed by atoms with Crippen molar-refractivity contribution in [2.24, 2.45) is 0 Å². The Morgan fingerprint density at radius 1 is 0.742 bits per heavy atom. The van der Waals surface area contributed by atoms with Crippen LogP contribution in [0.4, 0.5) is 5.82 Å². The number of rotatable bonds is 4. The fourth-order valence-electron chi connectivity index (χ4n) is 3.51. The average Bonchev–Trinajstić information content (AvgIpc) is 2.80. The van der Waals surface area contributed by atoms with Gasteiger partial charge in [-0.25, -0.2) is 15.0 Å². The van der Waals surface area contributed by atoms with Gasteiger partial charge in [-0.2, -0.15) is 0 Å². The first-order valence-electron chi connectivity index (χ1n) is 9.99. The van der Waals surface area contributed by atoms with Gasteiger partial charge in [0.05, 0.1) is 11.1 Å². The summed E-state index contributed by atoms with van der Waals surface area (Å²) >= 11 is 0. The third-order valence-electron chi connectivity index (χ3n) is 5.10. The lowest BCUT2D eigenvalue weighted by Gasteiger charge is -2.13. The summed E-state index contributed by atoms with van der Waals surface area (Å²) in [6.07, 6.45) is 1.44. The molecule has 31 heavy (non-hydrogen) atoms. The molecule has 0 aliphatic rings. The van der Waals surface area contributed by atoms with Crippen LogP contribution in [0.1, 0.15) is 5.56 Å². The highest BCUT2D eigenvalue weighted by Gasteiger charge is 2.14. The molecule has 0 saturated heterocycles. The van der Waals surface area contributed by atoms with E-state index in [0.717, 1.165) is 39.3 Å². The molecule has 0 radical (unpaired) electrons. The molecular weight excluding hydrogens is 384 g/mol. The Balaban J connectivity index is 1.67. The zero-order valence-corrected chi connectivity index (χ0v) is 17.0. The van der Waals surface area contributed by atoms with Crippen molar-refractivity contribution in [2.45, 2.75) is 6.92 Å². The van der Waals surface area contributed by atoms with Crippen molar-refractivity contribution in [3.05, 3.63) is 96.8 Å². The number of nitrogen functional groups attached to an aromatic ring is 1. The van der Waals surface area contributed by atoms with Crippen LogP contribution < -0.4 is 10.5 Å². The highest BCUT2D eigenvalue weighted by atomic mass is 16.5. The fourth-order valence-corrected chi connectivity index (χ4v) is 3.51. The van der Waals surface area contributed by atoms with Crippen molar-refractivity contribution in [1.29, 1.82) is 0 Å². The number of aryl methyl sites for hydroxylation is 1. The molecule has 0 bridgehead atoms. The normalized spacial score (nSPS) is 10.9. The van der Waals surface area contributed by atoms with Gasteiger partial charge in [-0.15, -0.1) is 0 Å². The van der Waals surface area contributed by atoms with E-state index < -0.39 is 0 Å². The minimum Gasteiger partial charge on any atom is -0.457 e. The first kappa shape index (κ1) is 18.8. The van der Waals surface area contributed by atoms with Crippen LogP contribution in [0.5, 0.6) is 11.5 Å². The number of para-hydroxylation sites is 1. The van der Waals surface area contributed by atoms with Gasteiger partial charge in [-0.3, -0.25) is 0 Å². The minimum absolute atomic E-state index is 0.415. The highest BCUT2D eigenvalue weighted by molar-refractivity contribution is 5.94. The van der Waals surface area contributed by atoms with Crippen LogP contribution in [0.3, 0.4) is 0 Å². The standard InChI is InChI=1S/C26H20N4O/c1-17-10-12-18(13-11-17)22-15-23-25(27)28-16-29-26(23)30-24(22)19-6-5-9-21(14-19)31-20-7-3-2-4-8-20/h2-16H,1H3,(H2,27,28,29,30). The fraction of sp³-hybridized carbons (Fsp3) is 0.0385. The molecule has 0 aliphatic carbocycles. The first-order valence-corrected chi connectivity index (χ1v) is 9.99. The van der Waals surface area contributed by atoms with E-state index in [1.165, 1.54) is 11.9 Å². The number of hydrogen-bond acceptors (Lipinski definition) is 5. The van der Waals surface area contributed by atoms with E-state index in [1.54, 1.807) is 0 Å². The Kier molecular flexibility index (Phi) is 4.77. The Morgan fingerprint density at radius 3 is 2.32 bits per heavy atom. The van der Waals surface area contributed by atoms with E-state index in [0.29, 0.717) is 11.5 Å². The molecule has 0 saturated carbocycles. The van der Waals surface area contributed by atoms with Gasteiger partial charge >= 0.3 is 0 Å². The Morgan fingerprint density at radius 2 is 1.52 bits per heavy atom. The molecular formula is C26H20N4O. The summed E-state index contributed by atoms with van der Waals surface area (Å²) in [5, 5.41) is 0.735. The summed E-state index contributed by atoms with van der Waals surface area (Å²) in [5.74, 6) is 1.94. The van der Waals surface area contributed by atoms with Crippen LogP contribution in [0.25, 0.3) is 33.4 Å². The van der Waals surface area contributed by atoms with Gasteiger partial charge in [0.1, 0.15) is 23.6 Å². The van der Waals surface area contributed by atoms with Crippen molar-refractivity contribution in [3.8, 4) is 33.9 Å². The zero-order valence-electron chi connectivity index (χ0n) is 17.0. The van der Waals surface area contributed by atoms with Gasteiger partial charge in [0.15, 0.2) is 5.65 Å². The van der Waals surface area contributed by atoms with Crippen LogP contribution in [0.2, 0.25) is 0 Å². The van der Waals surface area contributed by atoms with Crippen LogP contribution >= 0.6 is 0 Å². The monoisotopic (exact) mass is 404 g/mol. The molecule has 0 unspecified atom stereocenters. The zero-order chi connectivity index (χ0) is 21.2. The molecule has 2 N–H and O–H groups in total. The Labute approximate surface area is 180 Å². The maximum absolute atomic E-state index is 6.11. The lowest BCUT2D eigenvalue weighted by molar-refractivity contribution is 0.483. The Hall–Kier alpha value is -4.25.